The molecule has 0 aliphatic heterocycles. The smallest absolute Gasteiger partial charge is 0.462 e. The summed E-state index contributed by atoms with van der Waals surface area (Å²) in [7, 11) is -9.89. The summed E-state index contributed by atoms with van der Waals surface area (Å²) in [6.07, 6.45) is 44.6. The molecule has 17 nitrogen and oxygen atoms in total. The first-order chi connectivity index (χ1) is 41.9. The molecule has 0 heterocycles. The van der Waals surface area contributed by atoms with Crippen LogP contribution in [0.5, 0.6) is 0 Å². The van der Waals surface area contributed by atoms with E-state index in [0.717, 1.165) is 115 Å². The first-order valence-electron chi connectivity index (χ1n) is 35.5. The second-order valence-electron chi connectivity index (χ2n) is 25.5. The number of rotatable bonds is 67. The molecule has 0 saturated carbocycles. The van der Waals surface area contributed by atoms with Crippen LogP contribution in [0.4, 0.5) is 0 Å². The van der Waals surface area contributed by atoms with Gasteiger partial charge in [0.15, 0.2) is 12.2 Å². The van der Waals surface area contributed by atoms with Crippen molar-refractivity contribution < 1.29 is 80.2 Å². The summed E-state index contributed by atoms with van der Waals surface area (Å²) in [6.45, 7) is 9.49. The molecule has 0 radical (unpaired) electrons. The van der Waals surface area contributed by atoms with Gasteiger partial charge in [0.2, 0.25) is 0 Å². The molecule has 516 valence electrons. The maximum absolute atomic E-state index is 13.0. The highest BCUT2D eigenvalue weighted by molar-refractivity contribution is 7.47. The minimum absolute atomic E-state index is 0.106. The highest BCUT2D eigenvalue weighted by Gasteiger charge is 2.30. The van der Waals surface area contributed by atoms with Gasteiger partial charge in [-0.15, -0.1) is 0 Å². The van der Waals surface area contributed by atoms with Crippen LogP contribution in [0.25, 0.3) is 0 Å². The molecule has 0 aliphatic carbocycles. The Bertz CT molecular complexity index is 1700. The van der Waals surface area contributed by atoms with Gasteiger partial charge in [-0.3, -0.25) is 37.3 Å². The molecule has 87 heavy (non-hydrogen) atoms. The maximum atomic E-state index is 13.0. The predicted molar refractivity (Wildman–Crippen MR) is 349 cm³/mol. The van der Waals surface area contributed by atoms with Crippen molar-refractivity contribution in [3.8, 4) is 0 Å². The van der Waals surface area contributed by atoms with Gasteiger partial charge in [-0.2, -0.15) is 0 Å². The van der Waals surface area contributed by atoms with Gasteiger partial charge >= 0.3 is 39.5 Å². The van der Waals surface area contributed by atoms with E-state index in [9.17, 15) is 43.2 Å². The number of aliphatic hydroxyl groups is 1. The zero-order valence-corrected chi connectivity index (χ0v) is 58.1. The SMILES string of the molecule is CCCCCCCCCCCCC(=O)O[C@H](COC(=O)CCCCCCCCC)COP(=O)(O)OC[C@H](O)COP(=O)(O)OC[C@@H](COC(=O)CCCCCCCCCCCC(C)C)OC(=O)CCCCCCCCCCCCCCCCCC(C)C. The Morgan fingerprint density at radius 1 is 0.310 bits per heavy atom. The molecule has 0 rings (SSSR count). The van der Waals surface area contributed by atoms with Gasteiger partial charge < -0.3 is 33.8 Å². The molecule has 0 aromatic heterocycles. The fourth-order valence-corrected chi connectivity index (χ4v) is 11.8. The average molecular weight is 1280 g/mol. The molecular formula is C68H132O17P2. The molecule has 5 atom stereocenters. The number of phosphoric acid groups is 2. The average Bonchev–Trinajstić information content (AvgIpc) is 3.62. The third-order valence-electron chi connectivity index (χ3n) is 15.7. The Labute approximate surface area is 530 Å². The van der Waals surface area contributed by atoms with E-state index < -0.39 is 97.5 Å². The van der Waals surface area contributed by atoms with Crippen LogP contribution in [-0.2, 0) is 65.4 Å². The van der Waals surface area contributed by atoms with Crippen LogP contribution < -0.4 is 0 Å². The minimum atomic E-state index is -4.95. The van der Waals surface area contributed by atoms with Gasteiger partial charge in [0.05, 0.1) is 26.4 Å². The van der Waals surface area contributed by atoms with Gasteiger partial charge in [0.1, 0.15) is 19.3 Å². The Morgan fingerprint density at radius 2 is 0.529 bits per heavy atom. The van der Waals surface area contributed by atoms with E-state index in [-0.39, 0.29) is 25.7 Å². The first kappa shape index (κ1) is 85.1. The van der Waals surface area contributed by atoms with Crippen LogP contribution in [0.3, 0.4) is 0 Å². The molecule has 0 spiro atoms. The Morgan fingerprint density at radius 3 is 0.782 bits per heavy atom. The van der Waals surface area contributed by atoms with E-state index in [0.29, 0.717) is 25.7 Å². The molecule has 2 unspecified atom stereocenters. The van der Waals surface area contributed by atoms with Crippen molar-refractivity contribution in [2.45, 2.75) is 362 Å². The summed E-state index contributed by atoms with van der Waals surface area (Å²) in [4.78, 5) is 72.3. The van der Waals surface area contributed by atoms with Crippen LogP contribution in [0.2, 0.25) is 0 Å². The summed E-state index contributed by atoms with van der Waals surface area (Å²) in [6, 6.07) is 0. The first-order valence-corrected chi connectivity index (χ1v) is 38.5. The Hall–Kier alpha value is -1.94. The third kappa shape index (κ3) is 62.6. The molecular weight excluding hydrogens is 1150 g/mol. The Kier molecular flexibility index (Phi) is 59.0. The lowest BCUT2D eigenvalue weighted by atomic mass is 10.0. The number of hydrogen-bond acceptors (Lipinski definition) is 15. The highest BCUT2D eigenvalue weighted by Crippen LogP contribution is 2.45. The second-order valence-corrected chi connectivity index (χ2v) is 28.4. The quantitative estimate of drug-likeness (QED) is 0.0222. The van der Waals surface area contributed by atoms with Gasteiger partial charge in [-0.05, 0) is 37.5 Å². The molecule has 0 bridgehead atoms. The zero-order valence-electron chi connectivity index (χ0n) is 56.3. The number of hydrogen-bond donors (Lipinski definition) is 3. The highest BCUT2D eigenvalue weighted by atomic mass is 31.2. The van der Waals surface area contributed by atoms with Gasteiger partial charge in [-0.25, -0.2) is 9.13 Å². The topological polar surface area (TPSA) is 237 Å². The molecule has 0 aromatic carbocycles. The van der Waals surface area contributed by atoms with Crippen molar-refractivity contribution in [1.29, 1.82) is 0 Å². The number of carbonyl (C=O) groups is 4. The Balaban J connectivity index is 5.18. The van der Waals surface area contributed by atoms with Crippen molar-refractivity contribution in [3.05, 3.63) is 0 Å². The van der Waals surface area contributed by atoms with Crippen molar-refractivity contribution in [2.24, 2.45) is 11.8 Å². The molecule has 3 N–H and O–H groups in total. The van der Waals surface area contributed by atoms with E-state index in [4.69, 9.17) is 37.0 Å². The van der Waals surface area contributed by atoms with E-state index in [2.05, 4.69) is 41.5 Å². The lowest BCUT2D eigenvalue weighted by Crippen LogP contribution is -2.30. The molecule has 0 saturated heterocycles. The predicted octanol–water partition coefficient (Wildman–Crippen LogP) is 19.2. The number of ether oxygens (including phenoxy) is 4. The van der Waals surface area contributed by atoms with Crippen LogP contribution in [0, 0.1) is 11.8 Å². The number of unbranched alkanes of at least 4 members (excludes halogenated alkanes) is 37. The fourth-order valence-electron chi connectivity index (χ4n) is 10.2. The van der Waals surface area contributed by atoms with Crippen molar-refractivity contribution in [2.75, 3.05) is 39.6 Å². The fraction of sp³-hybridized carbons (Fsp3) is 0.941. The molecule has 0 amide bonds. The van der Waals surface area contributed by atoms with Gasteiger partial charge in [0.25, 0.3) is 0 Å². The summed E-state index contributed by atoms with van der Waals surface area (Å²) < 4.78 is 68.1. The number of carbonyl (C=O) groups excluding carboxylic acids is 4. The second kappa shape index (κ2) is 60.3. The minimum Gasteiger partial charge on any atom is -0.462 e. The third-order valence-corrected chi connectivity index (χ3v) is 17.6. The van der Waals surface area contributed by atoms with E-state index in [1.54, 1.807) is 0 Å². The molecule has 0 aromatic rings. The zero-order chi connectivity index (χ0) is 64.3. The number of esters is 4. The van der Waals surface area contributed by atoms with Gasteiger partial charge in [-0.1, -0.05) is 292 Å². The van der Waals surface area contributed by atoms with E-state index in [1.165, 1.54) is 148 Å². The van der Waals surface area contributed by atoms with Crippen LogP contribution >= 0.6 is 15.6 Å². The van der Waals surface area contributed by atoms with Crippen molar-refractivity contribution >= 4 is 39.5 Å². The normalized spacial score (nSPS) is 14.2. The number of phosphoric ester groups is 2. The lowest BCUT2D eigenvalue weighted by molar-refractivity contribution is -0.161. The number of aliphatic hydroxyl groups excluding tert-OH is 1. The van der Waals surface area contributed by atoms with E-state index >= 15 is 0 Å². The largest absolute Gasteiger partial charge is 0.472 e. The molecule has 19 heteroatoms. The maximum Gasteiger partial charge on any atom is 0.472 e. The monoisotopic (exact) mass is 1280 g/mol. The van der Waals surface area contributed by atoms with Crippen molar-refractivity contribution in [1.82, 2.24) is 0 Å². The molecule has 0 fully saturated rings. The van der Waals surface area contributed by atoms with Crippen LogP contribution in [0.1, 0.15) is 343 Å². The van der Waals surface area contributed by atoms with Crippen LogP contribution in [-0.4, -0.2) is 96.7 Å². The summed E-state index contributed by atoms with van der Waals surface area (Å²) in [5, 5.41) is 10.5. The van der Waals surface area contributed by atoms with E-state index in [1.807, 2.05) is 0 Å². The summed E-state index contributed by atoms with van der Waals surface area (Å²) in [5.74, 6) is -0.585. The molecule has 0 aliphatic rings. The van der Waals surface area contributed by atoms with Gasteiger partial charge in [0, 0.05) is 25.7 Å². The lowest BCUT2D eigenvalue weighted by Gasteiger charge is -2.21. The summed E-state index contributed by atoms with van der Waals surface area (Å²) in [5.41, 5.74) is 0. The van der Waals surface area contributed by atoms with Crippen LogP contribution in [0.15, 0.2) is 0 Å². The summed E-state index contributed by atoms with van der Waals surface area (Å²) >= 11 is 0. The van der Waals surface area contributed by atoms with Crippen molar-refractivity contribution in [3.63, 3.8) is 0 Å². The standard InChI is InChI=1S/C68H132O17P2/c1-7-9-11-13-15-16-27-34-40-46-52-67(72)84-63(56-78-65(70)50-44-38-30-14-12-10-8-2)58-82-86(74,75)80-54-62(69)55-81-87(76,77)83-59-64(57-79-66(71)51-45-39-33-29-24-26-32-37-43-49-61(5)6)85-68(73)53-47-41-35-28-23-21-19-17-18-20-22-25-31-36-42-48-60(3)4/h60-64,69H,7-59H2,1-6H3,(H,74,75)(H,76,77)/t62-,63+,64+/m0/s1.